The predicted molar refractivity (Wildman–Crippen MR) is 103 cm³/mol. The molecule has 2 aromatic heterocycles. The first-order valence-electron chi connectivity index (χ1n) is 8.01. The van der Waals surface area contributed by atoms with Gasteiger partial charge in [0.05, 0.1) is 5.52 Å². The summed E-state index contributed by atoms with van der Waals surface area (Å²) >= 11 is 3.47. The summed E-state index contributed by atoms with van der Waals surface area (Å²) in [6.07, 6.45) is 2.62. The average molecular weight is 408 g/mol. The van der Waals surface area contributed by atoms with Crippen molar-refractivity contribution in [3.8, 4) is 5.75 Å². The normalized spacial score (nSPS) is 12.0. The van der Waals surface area contributed by atoms with E-state index in [-0.39, 0.29) is 5.43 Å². The number of hydrogen-bond acceptors (Lipinski definition) is 4. The van der Waals surface area contributed by atoms with Crippen LogP contribution in [0, 0.1) is 0 Å². The van der Waals surface area contributed by atoms with Gasteiger partial charge in [-0.1, -0.05) is 34.1 Å². The van der Waals surface area contributed by atoms with E-state index in [0.717, 1.165) is 20.9 Å². The third-order valence-corrected chi connectivity index (χ3v) is 4.47. The molecule has 4 aromatic rings. The van der Waals surface area contributed by atoms with E-state index in [2.05, 4.69) is 31.1 Å². The number of aromatic amines is 1. The summed E-state index contributed by atoms with van der Waals surface area (Å²) in [5, 5.41) is 7.85. The van der Waals surface area contributed by atoms with Crippen LogP contribution in [-0.2, 0) is 0 Å². The van der Waals surface area contributed by atoms with Crippen molar-refractivity contribution in [3.63, 3.8) is 0 Å². The van der Waals surface area contributed by atoms with Crippen LogP contribution in [-0.4, -0.2) is 15.2 Å². The third kappa shape index (κ3) is 3.36. The second-order valence-electron chi connectivity index (χ2n) is 5.73. The van der Waals surface area contributed by atoms with Crippen LogP contribution in [0.3, 0.4) is 0 Å². The maximum atomic E-state index is 12.3. The van der Waals surface area contributed by atoms with Gasteiger partial charge in [-0.2, -0.15) is 5.10 Å². The number of hydrogen-bond donors (Lipinski definition) is 1. The Morgan fingerprint density at radius 3 is 2.81 bits per heavy atom. The lowest BCUT2D eigenvalue weighted by atomic mass is 10.1. The van der Waals surface area contributed by atoms with E-state index in [1.807, 2.05) is 54.6 Å². The molecule has 0 bridgehead atoms. The van der Waals surface area contributed by atoms with Crippen LogP contribution in [0.5, 0.6) is 5.75 Å². The van der Waals surface area contributed by atoms with E-state index in [9.17, 15) is 4.79 Å². The molecular formula is C20H14BrN3O2. The minimum Gasteiger partial charge on any atom is -0.479 e. The van der Waals surface area contributed by atoms with Crippen LogP contribution >= 0.6 is 15.9 Å². The van der Waals surface area contributed by atoms with E-state index in [1.54, 1.807) is 6.20 Å². The van der Waals surface area contributed by atoms with E-state index >= 15 is 0 Å². The van der Waals surface area contributed by atoms with Gasteiger partial charge in [-0.15, -0.1) is 0 Å². The van der Waals surface area contributed by atoms with Crippen molar-refractivity contribution in [2.24, 2.45) is 0 Å². The fourth-order valence-corrected chi connectivity index (χ4v) is 3.18. The zero-order valence-electron chi connectivity index (χ0n) is 13.6. The first-order chi connectivity index (χ1) is 12.7. The van der Waals surface area contributed by atoms with Crippen molar-refractivity contribution < 1.29 is 4.74 Å². The molecule has 0 radical (unpaired) electrons. The van der Waals surface area contributed by atoms with Crippen LogP contribution in [0.15, 0.2) is 82.3 Å². The number of H-pyrrole nitrogens is 1. The summed E-state index contributed by atoms with van der Waals surface area (Å²) < 4.78 is 7.10. The van der Waals surface area contributed by atoms with Crippen LogP contribution in [0.1, 0.15) is 17.4 Å². The summed E-state index contributed by atoms with van der Waals surface area (Å²) in [5.41, 5.74) is 1.83. The molecule has 128 valence electrons. The molecule has 0 saturated heterocycles. The molecule has 0 aliphatic carbocycles. The van der Waals surface area contributed by atoms with Crippen LogP contribution < -0.4 is 10.2 Å². The molecule has 6 heteroatoms. The highest BCUT2D eigenvalue weighted by Crippen LogP contribution is 2.29. The number of aromatic nitrogens is 3. The van der Waals surface area contributed by atoms with Crippen molar-refractivity contribution in [3.05, 3.63) is 99.0 Å². The molecule has 5 nitrogen and oxygen atoms in total. The first-order valence-corrected chi connectivity index (χ1v) is 8.81. The van der Waals surface area contributed by atoms with Crippen molar-refractivity contribution in [1.29, 1.82) is 0 Å². The van der Waals surface area contributed by atoms with Crippen LogP contribution in [0.2, 0.25) is 0 Å². The first kappa shape index (κ1) is 16.5. The molecular weight excluding hydrogens is 394 g/mol. The Labute approximate surface area is 157 Å². The highest BCUT2D eigenvalue weighted by atomic mass is 79.9. The van der Waals surface area contributed by atoms with Gasteiger partial charge in [0, 0.05) is 28.3 Å². The Morgan fingerprint density at radius 2 is 1.96 bits per heavy atom. The number of benzene rings is 2. The molecule has 0 amide bonds. The van der Waals surface area contributed by atoms with Crippen molar-refractivity contribution in [2.45, 2.75) is 6.10 Å². The fourth-order valence-electron chi connectivity index (χ4n) is 2.76. The fraction of sp³-hybridized carbons (Fsp3) is 0.0500. The molecule has 0 aliphatic rings. The largest absolute Gasteiger partial charge is 0.479 e. The standard InChI is InChI=1S/C20H14BrN3O2/c21-15-5-1-3-14(11-15)20(19-18(25)8-10-23-24-19)26-16-6-7-17-13(12-16)4-2-9-22-17/h1-12,20H,(H,23,25). The summed E-state index contributed by atoms with van der Waals surface area (Å²) in [4.78, 5) is 16.7. The maximum Gasteiger partial charge on any atom is 0.207 e. The van der Waals surface area contributed by atoms with Gasteiger partial charge in [0.25, 0.3) is 0 Å². The average Bonchev–Trinajstić information content (AvgIpc) is 2.67. The van der Waals surface area contributed by atoms with Gasteiger partial charge in [0.1, 0.15) is 5.75 Å². The minimum atomic E-state index is -0.633. The molecule has 2 aromatic carbocycles. The zero-order chi connectivity index (χ0) is 17.9. The van der Waals surface area contributed by atoms with E-state index < -0.39 is 6.10 Å². The smallest absolute Gasteiger partial charge is 0.207 e. The monoisotopic (exact) mass is 407 g/mol. The molecule has 1 atom stereocenters. The lowest BCUT2D eigenvalue weighted by Crippen LogP contribution is -2.21. The molecule has 1 N–H and O–H groups in total. The second-order valence-corrected chi connectivity index (χ2v) is 6.65. The van der Waals surface area contributed by atoms with Crippen LogP contribution in [0.25, 0.3) is 10.9 Å². The predicted octanol–water partition coefficient (Wildman–Crippen LogP) is 4.25. The summed E-state index contributed by atoms with van der Waals surface area (Å²) in [6.45, 7) is 0. The Hall–Kier alpha value is -2.99. The maximum absolute atomic E-state index is 12.3. The third-order valence-electron chi connectivity index (χ3n) is 3.97. The molecule has 26 heavy (non-hydrogen) atoms. The van der Waals surface area contributed by atoms with Crippen molar-refractivity contribution >= 4 is 26.8 Å². The quantitative estimate of drug-likeness (QED) is 0.548. The summed E-state index contributed by atoms with van der Waals surface area (Å²) in [7, 11) is 0. The van der Waals surface area contributed by atoms with Gasteiger partial charge >= 0.3 is 0 Å². The Bertz CT molecular complexity index is 1130. The number of rotatable bonds is 4. The van der Waals surface area contributed by atoms with Gasteiger partial charge in [0.15, 0.2) is 11.8 Å². The molecule has 4 rings (SSSR count). The lowest BCUT2D eigenvalue weighted by Gasteiger charge is -2.19. The highest BCUT2D eigenvalue weighted by molar-refractivity contribution is 9.10. The lowest BCUT2D eigenvalue weighted by molar-refractivity contribution is 0.240. The number of nitrogens with one attached hydrogen (secondary N) is 1. The molecule has 2 heterocycles. The van der Waals surface area contributed by atoms with E-state index in [4.69, 9.17) is 4.74 Å². The Balaban J connectivity index is 1.79. The summed E-state index contributed by atoms with van der Waals surface area (Å²) in [6, 6.07) is 18.6. The number of ether oxygens (including phenoxy) is 1. The van der Waals surface area contributed by atoms with Crippen LogP contribution in [0.4, 0.5) is 0 Å². The molecule has 0 spiro atoms. The SMILES string of the molecule is O=c1cc[nH]nc1C(Oc1ccc2ncccc2c1)c1cccc(Br)c1. The number of fused-ring (bicyclic) bond motifs is 1. The molecule has 0 aliphatic heterocycles. The topological polar surface area (TPSA) is 67.9 Å². The molecule has 1 unspecified atom stereocenters. The van der Waals surface area contributed by atoms with Gasteiger partial charge in [-0.05, 0) is 42.0 Å². The summed E-state index contributed by atoms with van der Waals surface area (Å²) in [5.74, 6) is 0.639. The van der Waals surface area contributed by atoms with E-state index in [1.165, 1.54) is 12.3 Å². The van der Waals surface area contributed by atoms with Gasteiger partial charge < -0.3 is 4.74 Å². The van der Waals surface area contributed by atoms with Crippen molar-refractivity contribution in [2.75, 3.05) is 0 Å². The second kappa shape index (κ2) is 7.09. The van der Waals surface area contributed by atoms with Crippen molar-refractivity contribution in [1.82, 2.24) is 15.2 Å². The van der Waals surface area contributed by atoms with Gasteiger partial charge in [-0.3, -0.25) is 14.9 Å². The molecule has 0 fully saturated rings. The van der Waals surface area contributed by atoms with Gasteiger partial charge in [0.2, 0.25) is 5.43 Å². The number of nitrogens with zero attached hydrogens (tertiary/aromatic N) is 2. The van der Waals surface area contributed by atoms with E-state index in [0.29, 0.717) is 11.4 Å². The Kier molecular flexibility index (Phi) is 4.50. The Morgan fingerprint density at radius 1 is 1.04 bits per heavy atom. The molecule has 0 saturated carbocycles. The van der Waals surface area contributed by atoms with Gasteiger partial charge in [-0.25, -0.2) is 0 Å². The highest BCUT2D eigenvalue weighted by Gasteiger charge is 2.21. The number of pyridine rings is 1. The minimum absolute atomic E-state index is 0.184. The number of halogens is 1. The zero-order valence-corrected chi connectivity index (χ0v) is 15.2.